The quantitative estimate of drug-likeness (QED) is 0.176. The van der Waals surface area contributed by atoms with E-state index in [1.54, 1.807) is 68.4 Å². The highest BCUT2D eigenvalue weighted by molar-refractivity contribution is 7.98. The minimum Gasteiger partial charge on any atom is -0.492 e. The van der Waals surface area contributed by atoms with Gasteiger partial charge >= 0.3 is 0 Å². The van der Waals surface area contributed by atoms with Crippen molar-refractivity contribution in [1.29, 1.82) is 0 Å². The van der Waals surface area contributed by atoms with Crippen molar-refractivity contribution < 1.29 is 22.7 Å². The normalized spacial score (nSPS) is 12.1. The molecule has 0 saturated heterocycles. The van der Waals surface area contributed by atoms with Crippen molar-refractivity contribution in [2.45, 2.75) is 56.5 Å². The summed E-state index contributed by atoms with van der Waals surface area (Å²) in [7, 11) is -4.27. The first-order valence-corrected chi connectivity index (χ1v) is 17.7. The van der Waals surface area contributed by atoms with Crippen LogP contribution in [0.2, 0.25) is 10.0 Å². The number of halogens is 2. The van der Waals surface area contributed by atoms with Crippen LogP contribution in [-0.4, -0.2) is 57.1 Å². The minimum atomic E-state index is -4.27. The third kappa shape index (κ3) is 8.84. The van der Waals surface area contributed by atoms with Gasteiger partial charge in [0.1, 0.15) is 18.3 Å². The Kier molecular flexibility index (Phi) is 13.3. The number of nitrogens with zero attached hydrogens (tertiary/aromatic N) is 2. The van der Waals surface area contributed by atoms with E-state index in [4.69, 9.17) is 27.9 Å². The number of thioether (sulfide) groups is 1. The Morgan fingerprint density at radius 1 is 0.955 bits per heavy atom. The molecule has 0 fully saturated rings. The summed E-state index contributed by atoms with van der Waals surface area (Å²) in [6, 6.07) is 17.2. The molecular formula is C32H39Cl2N3O5S2. The molecule has 0 heterocycles. The molecule has 0 aliphatic heterocycles. The Bertz CT molecular complexity index is 1510. The molecule has 3 aromatic carbocycles. The number of para-hydroxylation sites is 2. The van der Waals surface area contributed by atoms with Crippen LogP contribution in [0.4, 0.5) is 5.69 Å². The predicted octanol–water partition coefficient (Wildman–Crippen LogP) is 6.89. The number of benzene rings is 3. The molecule has 0 aliphatic carbocycles. The first-order chi connectivity index (χ1) is 20.9. The highest BCUT2D eigenvalue weighted by atomic mass is 35.5. The number of sulfonamides is 1. The Balaban J connectivity index is 2.14. The predicted molar refractivity (Wildman–Crippen MR) is 179 cm³/mol. The minimum absolute atomic E-state index is 0.0109. The maximum absolute atomic E-state index is 14.4. The standard InChI is InChI=1S/C32H39Cl2N3O5S2/c1-6-28(32(39)35-19-22(3)4)36(20-25-26(33)11-10-12-27(25)34)31(38)21-37(29-13-8-9-14-30(29)42-7-2)44(40,41)24-17-15-23(43-5)16-18-24/h8-18,22,28H,6-7,19-21H2,1-5H3,(H,35,39). The third-order valence-corrected chi connectivity index (χ3v) is 10.0. The molecule has 44 heavy (non-hydrogen) atoms. The molecule has 0 bridgehead atoms. The largest absolute Gasteiger partial charge is 0.492 e. The molecule has 12 heteroatoms. The number of hydrogen-bond acceptors (Lipinski definition) is 6. The second-order valence-electron chi connectivity index (χ2n) is 10.4. The molecule has 0 radical (unpaired) electrons. The number of amides is 2. The van der Waals surface area contributed by atoms with Gasteiger partial charge in [-0.05, 0) is 74.0 Å². The summed E-state index contributed by atoms with van der Waals surface area (Å²) in [6.45, 7) is 7.51. The van der Waals surface area contributed by atoms with Gasteiger partial charge in [0.05, 0.1) is 17.2 Å². The molecule has 238 valence electrons. The molecule has 0 saturated carbocycles. The van der Waals surface area contributed by atoms with Gasteiger partial charge in [0.2, 0.25) is 11.8 Å². The Morgan fingerprint density at radius 2 is 1.59 bits per heavy atom. The van der Waals surface area contributed by atoms with Crippen LogP contribution in [-0.2, 0) is 26.2 Å². The lowest BCUT2D eigenvalue weighted by Crippen LogP contribution is -2.52. The number of anilines is 1. The molecule has 8 nitrogen and oxygen atoms in total. The van der Waals surface area contributed by atoms with E-state index in [9.17, 15) is 18.0 Å². The van der Waals surface area contributed by atoms with Crippen LogP contribution in [0.3, 0.4) is 0 Å². The van der Waals surface area contributed by atoms with Gasteiger partial charge in [-0.3, -0.25) is 13.9 Å². The van der Waals surface area contributed by atoms with Gasteiger partial charge in [-0.2, -0.15) is 0 Å². The highest BCUT2D eigenvalue weighted by Gasteiger charge is 2.35. The van der Waals surface area contributed by atoms with Crippen molar-refractivity contribution in [1.82, 2.24) is 10.2 Å². The number of hydrogen-bond donors (Lipinski definition) is 1. The van der Waals surface area contributed by atoms with Gasteiger partial charge in [0, 0.05) is 33.6 Å². The highest BCUT2D eigenvalue weighted by Crippen LogP contribution is 2.34. The number of carbonyl (C=O) groups is 2. The molecular weight excluding hydrogens is 641 g/mol. The summed E-state index contributed by atoms with van der Waals surface area (Å²) < 4.78 is 35.3. The Labute approximate surface area is 275 Å². The second kappa shape index (κ2) is 16.4. The van der Waals surface area contributed by atoms with E-state index in [0.29, 0.717) is 27.9 Å². The smallest absolute Gasteiger partial charge is 0.264 e. The zero-order valence-electron chi connectivity index (χ0n) is 25.5. The van der Waals surface area contributed by atoms with E-state index in [-0.39, 0.29) is 42.0 Å². The molecule has 1 atom stereocenters. The van der Waals surface area contributed by atoms with Crippen LogP contribution in [0, 0.1) is 5.92 Å². The first kappa shape index (κ1) is 35.6. The summed E-state index contributed by atoms with van der Waals surface area (Å²) in [5, 5.41) is 3.56. The van der Waals surface area contributed by atoms with Crippen molar-refractivity contribution in [3.63, 3.8) is 0 Å². The van der Waals surface area contributed by atoms with Crippen LogP contribution < -0.4 is 14.4 Å². The van der Waals surface area contributed by atoms with Crippen molar-refractivity contribution in [2.75, 3.05) is 30.3 Å². The van der Waals surface area contributed by atoms with Crippen molar-refractivity contribution in [3.05, 3.63) is 82.3 Å². The van der Waals surface area contributed by atoms with E-state index in [0.717, 1.165) is 9.20 Å². The zero-order valence-corrected chi connectivity index (χ0v) is 28.7. The van der Waals surface area contributed by atoms with Crippen LogP contribution >= 0.6 is 35.0 Å². The van der Waals surface area contributed by atoms with Crippen molar-refractivity contribution in [2.24, 2.45) is 5.92 Å². The van der Waals surface area contributed by atoms with E-state index >= 15 is 0 Å². The van der Waals surface area contributed by atoms with Crippen LogP contribution in [0.5, 0.6) is 5.75 Å². The zero-order chi connectivity index (χ0) is 32.4. The Morgan fingerprint density at radius 3 is 2.16 bits per heavy atom. The number of rotatable bonds is 15. The molecule has 3 aromatic rings. The van der Waals surface area contributed by atoms with Crippen molar-refractivity contribution >= 4 is 62.5 Å². The number of ether oxygens (including phenoxy) is 1. The summed E-state index contributed by atoms with van der Waals surface area (Å²) >= 11 is 14.5. The molecule has 2 amide bonds. The number of nitrogens with one attached hydrogen (secondary N) is 1. The first-order valence-electron chi connectivity index (χ1n) is 14.3. The van der Waals surface area contributed by atoms with Crippen LogP contribution in [0.15, 0.2) is 76.5 Å². The summed E-state index contributed by atoms with van der Waals surface area (Å²) in [6.07, 6.45) is 2.17. The van der Waals surface area contributed by atoms with E-state index in [1.165, 1.54) is 28.8 Å². The lowest BCUT2D eigenvalue weighted by molar-refractivity contribution is -0.140. The average Bonchev–Trinajstić information content (AvgIpc) is 3.00. The molecule has 0 aromatic heterocycles. The maximum Gasteiger partial charge on any atom is 0.264 e. The maximum atomic E-state index is 14.4. The van der Waals surface area contributed by atoms with E-state index in [1.807, 2.05) is 20.1 Å². The molecule has 1 unspecified atom stereocenters. The number of carbonyl (C=O) groups excluding carboxylic acids is 2. The summed E-state index contributed by atoms with van der Waals surface area (Å²) in [4.78, 5) is 30.0. The second-order valence-corrected chi connectivity index (χ2v) is 13.9. The monoisotopic (exact) mass is 679 g/mol. The third-order valence-electron chi connectivity index (χ3n) is 6.82. The van der Waals surface area contributed by atoms with Gasteiger partial charge in [0.15, 0.2) is 0 Å². The average molecular weight is 681 g/mol. The molecule has 0 aliphatic rings. The SMILES string of the molecule is CCOc1ccccc1N(CC(=O)N(Cc1c(Cl)cccc1Cl)C(CC)C(=O)NCC(C)C)S(=O)(=O)c1ccc(SC)cc1. The Hall–Kier alpha value is -2.92. The van der Waals surface area contributed by atoms with E-state index < -0.39 is 28.5 Å². The molecule has 0 spiro atoms. The fraction of sp³-hybridized carbons (Fsp3) is 0.375. The molecule has 3 rings (SSSR count). The summed E-state index contributed by atoms with van der Waals surface area (Å²) in [5.74, 6) is -0.473. The van der Waals surface area contributed by atoms with E-state index in [2.05, 4.69) is 5.32 Å². The van der Waals surface area contributed by atoms with Gasteiger partial charge in [-0.25, -0.2) is 8.42 Å². The van der Waals surface area contributed by atoms with Gasteiger partial charge < -0.3 is 15.0 Å². The van der Waals surface area contributed by atoms with Crippen LogP contribution in [0.25, 0.3) is 0 Å². The fourth-order valence-electron chi connectivity index (χ4n) is 4.52. The van der Waals surface area contributed by atoms with Crippen molar-refractivity contribution in [3.8, 4) is 5.75 Å². The van der Waals surface area contributed by atoms with Gasteiger partial charge in [-0.1, -0.05) is 62.2 Å². The lowest BCUT2D eigenvalue weighted by Gasteiger charge is -2.34. The summed E-state index contributed by atoms with van der Waals surface area (Å²) in [5.41, 5.74) is 0.653. The van der Waals surface area contributed by atoms with Crippen LogP contribution in [0.1, 0.15) is 39.7 Å². The lowest BCUT2D eigenvalue weighted by atomic mass is 10.1. The molecule has 1 N–H and O–H groups in total. The fourth-order valence-corrected chi connectivity index (χ4v) is 6.87. The topological polar surface area (TPSA) is 96.0 Å². The van der Waals surface area contributed by atoms with Gasteiger partial charge in [0.25, 0.3) is 10.0 Å². The van der Waals surface area contributed by atoms with Gasteiger partial charge in [-0.15, -0.1) is 11.8 Å².